The molecule has 0 heterocycles. The molecule has 0 saturated heterocycles. The highest BCUT2D eigenvalue weighted by atomic mass is 16.7. The van der Waals surface area contributed by atoms with E-state index in [0.29, 0.717) is 0 Å². The van der Waals surface area contributed by atoms with Crippen molar-refractivity contribution in [2.24, 2.45) is 0 Å². The molecule has 0 aliphatic heterocycles. The maximum atomic E-state index is 5.22. The molecule has 0 aliphatic rings. The Morgan fingerprint density at radius 3 is 2.31 bits per heavy atom. The summed E-state index contributed by atoms with van der Waals surface area (Å²) >= 11 is 0. The van der Waals surface area contributed by atoms with Gasteiger partial charge in [-0.2, -0.15) is 0 Å². The number of benzene rings is 1. The fraction of sp³-hybridized carbons (Fsp3) is 0.538. The summed E-state index contributed by atoms with van der Waals surface area (Å²) in [6.45, 7) is 6.21. The van der Waals surface area contributed by atoms with Crippen LogP contribution in [0.25, 0.3) is 0 Å². The Morgan fingerprint density at radius 1 is 1.12 bits per heavy atom. The predicted molar refractivity (Wildman–Crippen MR) is 66.8 cm³/mol. The molecule has 0 radical (unpaired) electrons. The van der Waals surface area contributed by atoms with Gasteiger partial charge in [-0.1, -0.05) is 12.1 Å². The molecular weight excluding hydrogens is 202 g/mol. The maximum Gasteiger partial charge on any atom is 0.176 e. The summed E-state index contributed by atoms with van der Waals surface area (Å²) < 4.78 is 10.4. The maximum absolute atomic E-state index is 5.22. The Bertz CT molecular complexity index is 335. The molecule has 0 saturated carbocycles. The van der Waals surface area contributed by atoms with Crippen LogP contribution >= 0.6 is 0 Å². The molecule has 1 aromatic carbocycles. The summed E-state index contributed by atoms with van der Waals surface area (Å²) in [7, 11) is 3.30. The molecule has 0 aromatic heterocycles. The number of anilines is 1. The van der Waals surface area contributed by atoms with E-state index in [1.807, 2.05) is 6.92 Å². The molecule has 0 amide bonds. The third-order valence-corrected chi connectivity index (χ3v) is 2.65. The predicted octanol–water partition coefficient (Wildman–Crippen LogP) is 2.72. The van der Waals surface area contributed by atoms with Crippen molar-refractivity contribution in [2.45, 2.75) is 33.1 Å². The fourth-order valence-electron chi connectivity index (χ4n) is 1.71. The van der Waals surface area contributed by atoms with E-state index < -0.39 is 0 Å². The number of aryl methyl sites for hydroxylation is 2. The number of hydrogen-bond acceptors (Lipinski definition) is 3. The zero-order valence-electron chi connectivity index (χ0n) is 10.7. The molecule has 1 N–H and O–H groups in total. The lowest BCUT2D eigenvalue weighted by molar-refractivity contribution is -0.109. The zero-order chi connectivity index (χ0) is 12.1. The lowest BCUT2D eigenvalue weighted by Crippen LogP contribution is -2.34. The third kappa shape index (κ3) is 3.22. The smallest absolute Gasteiger partial charge is 0.176 e. The second-order valence-electron chi connectivity index (χ2n) is 4.09. The van der Waals surface area contributed by atoms with Gasteiger partial charge in [0.15, 0.2) is 6.29 Å². The average Bonchev–Trinajstić information content (AvgIpc) is 2.25. The van der Waals surface area contributed by atoms with Gasteiger partial charge in [-0.3, -0.25) is 0 Å². The number of hydrogen-bond donors (Lipinski definition) is 1. The first-order valence-electron chi connectivity index (χ1n) is 5.48. The van der Waals surface area contributed by atoms with Crippen LogP contribution in [0, 0.1) is 13.8 Å². The Kier molecular flexibility index (Phi) is 4.77. The van der Waals surface area contributed by atoms with Crippen LogP contribution in [0.15, 0.2) is 18.2 Å². The molecule has 0 aliphatic carbocycles. The van der Waals surface area contributed by atoms with Crippen LogP contribution in [-0.4, -0.2) is 26.6 Å². The van der Waals surface area contributed by atoms with Crippen molar-refractivity contribution in [3.05, 3.63) is 29.3 Å². The zero-order valence-corrected chi connectivity index (χ0v) is 10.7. The molecule has 0 bridgehead atoms. The van der Waals surface area contributed by atoms with Crippen molar-refractivity contribution in [1.29, 1.82) is 0 Å². The standard InChI is InChI=1S/C13H21NO2/c1-9-6-7-10(2)12(8-9)14-11(3)13(15-4)16-5/h6-8,11,13-14H,1-5H3. The van der Waals surface area contributed by atoms with E-state index in [1.165, 1.54) is 11.1 Å². The second-order valence-corrected chi connectivity index (χ2v) is 4.09. The fourth-order valence-corrected chi connectivity index (χ4v) is 1.71. The van der Waals surface area contributed by atoms with Crippen LogP contribution in [0.1, 0.15) is 18.1 Å². The van der Waals surface area contributed by atoms with Gasteiger partial charge in [0.05, 0.1) is 6.04 Å². The van der Waals surface area contributed by atoms with Gasteiger partial charge in [0.1, 0.15) is 0 Å². The van der Waals surface area contributed by atoms with Crippen molar-refractivity contribution < 1.29 is 9.47 Å². The van der Waals surface area contributed by atoms with E-state index in [0.717, 1.165) is 5.69 Å². The Balaban J connectivity index is 2.75. The third-order valence-electron chi connectivity index (χ3n) is 2.65. The minimum atomic E-state index is -0.236. The molecule has 90 valence electrons. The van der Waals surface area contributed by atoms with Gasteiger partial charge in [0.2, 0.25) is 0 Å². The molecule has 0 spiro atoms. The van der Waals surface area contributed by atoms with E-state index >= 15 is 0 Å². The Labute approximate surface area is 97.8 Å². The highest BCUT2D eigenvalue weighted by Gasteiger charge is 2.15. The van der Waals surface area contributed by atoms with Crippen molar-refractivity contribution in [2.75, 3.05) is 19.5 Å². The summed E-state index contributed by atoms with van der Waals surface area (Å²) in [6.07, 6.45) is -0.236. The normalized spacial score (nSPS) is 12.9. The summed E-state index contributed by atoms with van der Waals surface area (Å²) in [5.41, 5.74) is 3.60. The second kappa shape index (κ2) is 5.87. The van der Waals surface area contributed by atoms with Gasteiger partial charge < -0.3 is 14.8 Å². The Morgan fingerprint density at radius 2 is 1.75 bits per heavy atom. The lowest BCUT2D eigenvalue weighted by atomic mass is 10.1. The largest absolute Gasteiger partial charge is 0.377 e. The molecule has 1 aromatic rings. The summed E-state index contributed by atoms with van der Waals surface area (Å²) in [6, 6.07) is 6.46. The van der Waals surface area contributed by atoms with E-state index in [-0.39, 0.29) is 12.3 Å². The monoisotopic (exact) mass is 223 g/mol. The van der Waals surface area contributed by atoms with Crippen molar-refractivity contribution in [1.82, 2.24) is 0 Å². The first-order chi connectivity index (χ1) is 7.58. The van der Waals surface area contributed by atoms with Gasteiger partial charge >= 0.3 is 0 Å². The lowest BCUT2D eigenvalue weighted by Gasteiger charge is -2.24. The molecule has 0 fully saturated rings. The SMILES string of the molecule is COC(OC)C(C)Nc1cc(C)ccc1C. The van der Waals surface area contributed by atoms with Gasteiger partial charge in [-0.25, -0.2) is 0 Å². The van der Waals surface area contributed by atoms with Crippen molar-refractivity contribution >= 4 is 5.69 Å². The number of nitrogens with one attached hydrogen (secondary N) is 1. The topological polar surface area (TPSA) is 30.5 Å². The molecule has 1 rings (SSSR count). The van der Waals surface area contributed by atoms with E-state index in [9.17, 15) is 0 Å². The number of rotatable bonds is 5. The molecule has 1 unspecified atom stereocenters. The van der Waals surface area contributed by atoms with Gasteiger partial charge in [-0.05, 0) is 38.0 Å². The summed E-state index contributed by atoms with van der Waals surface area (Å²) in [5, 5.41) is 3.40. The molecular formula is C13H21NO2. The molecule has 16 heavy (non-hydrogen) atoms. The molecule has 3 heteroatoms. The minimum absolute atomic E-state index is 0.107. The summed E-state index contributed by atoms with van der Waals surface area (Å²) in [5.74, 6) is 0. The highest BCUT2D eigenvalue weighted by molar-refractivity contribution is 5.53. The van der Waals surface area contributed by atoms with Crippen LogP contribution in [0.3, 0.4) is 0 Å². The van der Waals surface area contributed by atoms with E-state index in [1.54, 1.807) is 14.2 Å². The first-order valence-corrected chi connectivity index (χ1v) is 5.48. The Hall–Kier alpha value is -1.06. The first kappa shape index (κ1) is 13.0. The van der Waals surface area contributed by atoms with Gasteiger partial charge in [-0.15, -0.1) is 0 Å². The van der Waals surface area contributed by atoms with Crippen LogP contribution in [0.4, 0.5) is 5.69 Å². The van der Waals surface area contributed by atoms with Crippen LogP contribution in [0.5, 0.6) is 0 Å². The van der Waals surface area contributed by atoms with Crippen molar-refractivity contribution in [3.8, 4) is 0 Å². The van der Waals surface area contributed by atoms with Crippen LogP contribution in [-0.2, 0) is 9.47 Å². The highest BCUT2D eigenvalue weighted by Crippen LogP contribution is 2.18. The summed E-state index contributed by atoms with van der Waals surface area (Å²) in [4.78, 5) is 0. The van der Waals surface area contributed by atoms with Gasteiger partial charge in [0.25, 0.3) is 0 Å². The van der Waals surface area contributed by atoms with Gasteiger partial charge in [0, 0.05) is 19.9 Å². The number of methoxy groups -OCH3 is 2. The minimum Gasteiger partial charge on any atom is -0.377 e. The molecule has 3 nitrogen and oxygen atoms in total. The van der Waals surface area contributed by atoms with E-state index in [2.05, 4.69) is 37.4 Å². The van der Waals surface area contributed by atoms with Crippen LogP contribution in [0.2, 0.25) is 0 Å². The van der Waals surface area contributed by atoms with Crippen molar-refractivity contribution in [3.63, 3.8) is 0 Å². The molecule has 1 atom stereocenters. The number of ether oxygens (including phenoxy) is 2. The van der Waals surface area contributed by atoms with E-state index in [4.69, 9.17) is 9.47 Å². The quantitative estimate of drug-likeness (QED) is 0.779. The average molecular weight is 223 g/mol. The van der Waals surface area contributed by atoms with Crippen LogP contribution < -0.4 is 5.32 Å².